The van der Waals surface area contributed by atoms with Crippen molar-refractivity contribution in [3.8, 4) is 0 Å². The Morgan fingerprint density at radius 1 is 1.26 bits per heavy atom. The first-order valence-corrected chi connectivity index (χ1v) is 7.63. The first-order chi connectivity index (χ1) is 10.8. The third-order valence-electron chi connectivity index (χ3n) is 3.40. The van der Waals surface area contributed by atoms with Gasteiger partial charge in [0.05, 0.1) is 0 Å². The summed E-state index contributed by atoms with van der Waals surface area (Å²) in [6.07, 6.45) is -2.91. The fourth-order valence-corrected chi connectivity index (χ4v) is 2.99. The highest BCUT2D eigenvalue weighted by Crippen LogP contribution is 2.34. The van der Waals surface area contributed by atoms with Gasteiger partial charge in [-0.3, -0.25) is 4.79 Å². The van der Waals surface area contributed by atoms with Crippen LogP contribution in [-0.4, -0.2) is 57.2 Å². The van der Waals surface area contributed by atoms with Crippen LogP contribution in [0.15, 0.2) is 6.20 Å². The molecule has 1 aliphatic rings. The molecule has 0 radical (unpaired) electrons. The number of alkyl halides is 3. The van der Waals surface area contributed by atoms with Gasteiger partial charge in [-0.1, -0.05) is 11.3 Å². The van der Waals surface area contributed by atoms with E-state index in [2.05, 4.69) is 20.2 Å². The van der Waals surface area contributed by atoms with Gasteiger partial charge in [0.15, 0.2) is 5.82 Å². The van der Waals surface area contributed by atoms with E-state index < -0.39 is 11.2 Å². The third-order valence-corrected chi connectivity index (χ3v) is 4.43. The lowest BCUT2D eigenvalue weighted by atomic mass is 10.3. The molecule has 11 heteroatoms. The van der Waals surface area contributed by atoms with Crippen molar-refractivity contribution in [1.29, 1.82) is 0 Å². The summed E-state index contributed by atoms with van der Waals surface area (Å²) in [6, 6.07) is 0. The van der Waals surface area contributed by atoms with Gasteiger partial charge >= 0.3 is 6.18 Å². The molecule has 3 heterocycles. The molecule has 3 rings (SSSR count). The van der Waals surface area contributed by atoms with E-state index in [1.807, 2.05) is 0 Å². The van der Waals surface area contributed by atoms with Crippen LogP contribution in [-0.2, 0) is 6.18 Å². The number of aryl methyl sites for hydroxylation is 1. The number of rotatable bonds is 2. The van der Waals surface area contributed by atoms with Gasteiger partial charge in [0.2, 0.25) is 10.1 Å². The highest BCUT2D eigenvalue weighted by atomic mass is 32.1. The minimum Gasteiger partial charge on any atom is -0.343 e. The lowest BCUT2D eigenvalue weighted by Gasteiger charge is -2.33. The van der Waals surface area contributed by atoms with E-state index >= 15 is 0 Å². The molecule has 0 aromatic carbocycles. The predicted octanol–water partition coefficient (Wildman–Crippen LogP) is 1.55. The Hall–Kier alpha value is -2.17. The summed E-state index contributed by atoms with van der Waals surface area (Å²) in [5, 5.41) is 6.02. The van der Waals surface area contributed by atoms with E-state index in [1.165, 1.54) is 0 Å². The highest BCUT2D eigenvalue weighted by Gasteiger charge is 2.36. The van der Waals surface area contributed by atoms with E-state index in [-0.39, 0.29) is 16.9 Å². The van der Waals surface area contributed by atoms with Crippen molar-refractivity contribution >= 4 is 22.4 Å². The smallest absolute Gasteiger partial charge is 0.343 e. The predicted molar refractivity (Wildman–Crippen MR) is 76.4 cm³/mol. The molecule has 0 unspecified atom stereocenters. The van der Waals surface area contributed by atoms with E-state index in [0.717, 1.165) is 5.69 Å². The average molecular weight is 346 g/mol. The molecule has 0 aliphatic carbocycles. The molecule has 2 aromatic heterocycles. The molecular weight excluding hydrogens is 333 g/mol. The number of hydrogen-bond acceptors (Lipinski definition) is 6. The zero-order valence-electron chi connectivity index (χ0n) is 12.1. The molecule has 1 aliphatic heterocycles. The van der Waals surface area contributed by atoms with Gasteiger partial charge in [0.1, 0.15) is 0 Å². The van der Waals surface area contributed by atoms with Crippen LogP contribution in [0.2, 0.25) is 0 Å². The topological polar surface area (TPSA) is 78.0 Å². The Bertz CT molecular complexity index is 704. The van der Waals surface area contributed by atoms with Gasteiger partial charge in [0, 0.05) is 38.1 Å². The van der Waals surface area contributed by atoms with Crippen molar-refractivity contribution in [3.63, 3.8) is 0 Å². The SMILES string of the molecule is Cc1cnc(C(=O)N2CCN(c3nnc(C(F)(F)F)s3)CC2)[nH]1. The van der Waals surface area contributed by atoms with Gasteiger partial charge in [0.25, 0.3) is 5.91 Å². The quantitative estimate of drug-likeness (QED) is 0.893. The number of carbonyl (C=O) groups is 1. The van der Waals surface area contributed by atoms with Crippen molar-refractivity contribution < 1.29 is 18.0 Å². The fraction of sp³-hybridized carbons (Fsp3) is 0.500. The third kappa shape index (κ3) is 3.28. The summed E-state index contributed by atoms with van der Waals surface area (Å²) in [5.74, 6) is 0.0530. The number of aromatic amines is 1. The number of amides is 1. The number of imidazole rings is 1. The van der Waals surface area contributed by atoms with Crippen LogP contribution >= 0.6 is 11.3 Å². The minimum atomic E-state index is -4.48. The molecule has 1 amide bonds. The second-order valence-corrected chi connectivity index (χ2v) is 6.04. The van der Waals surface area contributed by atoms with Crippen molar-refractivity contribution in [2.45, 2.75) is 13.1 Å². The zero-order valence-corrected chi connectivity index (χ0v) is 12.9. The number of carbonyl (C=O) groups excluding carboxylic acids is 1. The number of H-pyrrole nitrogens is 1. The Kier molecular flexibility index (Phi) is 3.96. The maximum absolute atomic E-state index is 12.6. The van der Waals surface area contributed by atoms with Crippen LogP contribution in [0.5, 0.6) is 0 Å². The van der Waals surface area contributed by atoms with E-state index in [1.54, 1.807) is 22.9 Å². The average Bonchev–Trinajstić information content (AvgIpc) is 3.15. The lowest BCUT2D eigenvalue weighted by molar-refractivity contribution is -0.138. The molecule has 0 atom stereocenters. The molecule has 124 valence electrons. The first kappa shape index (κ1) is 15.7. The number of halogens is 3. The molecule has 2 aromatic rings. The second-order valence-electron chi connectivity index (χ2n) is 5.08. The number of anilines is 1. The summed E-state index contributed by atoms with van der Waals surface area (Å²) >= 11 is 0.512. The summed E-state index contributed by atoms with van der Waals surface area (Å²) in [5.41, 5.74) is 0.792. The van der Waals surface area contributed by atoms with Crippen molar-refractivity contribution in [1.82, 2.24) is 25.1 Å². The Balaban J connectivity index is 1.62. The molecule has 0 saturated carbocycles. The molecule has 0 spiro atoms. The standard InChI is InChI=1S/C12H13F3N6OS/c1-7-6-16-8(17-7)9(22)20-2-4-21(5-3-20)11-19-18-10(23-11)12(13,14)15/h6H,2-5H2,1H3,(H,16,17). The monoisotopic (exact) mass is 346 g/mol. The van der Waals surface area contributed by atoms with Crippen LogP contribution < -0.4 is 4.90 Å². The van der Waals surface area contributed by atoms with Crippen molar-refractivity contribution in [2.75, 3.05) is 31.1 Å². The number of piperazine rings is 1. The summed E-state index contributed by atoms with van der Waals surface area (Å²) < 4.78 is 37.7. The van der Waals surface area contributed by atoms with Gasteiger partial charge < -0.3 is 14.8 Å². The molecule has 7 nitrogen and oxygen atoms in total. The van der Waals surface area contributed by atoms with E-state index in [0.29, 0.717) is 37.5 Å². The number of nitrogens with one attached hydrogen (secondary N) is 1. The Morgan fingerprint density at radius 2 is 1.96 bits per heavy atom. The molecule has 0 bridgehead atoms. The van der Waals surface area contributed by atoms with Crippen LogP contribution in [0.25, 0.3) is 0 Å². The highest BCUT2D eigenvalue weighted by molar-refractivity contribution is 7.15. The van der Waals surface area contributed by atoms with E-state index in [9.17, 15) is 18.0 Å². The summed E-state index contributed by atoms with van der Waals surface area (Å²) in [7, 11) is 0. The van der Waals surface area contributed by atoms with Gasteiger partial charge in [-0.2, -0.15) is 13.2 Å². The van der Waals surface area contributed by atoms with Gasteiger partial charge in [-0.15, -0.1) is 10.2 Å². The first-order valence-electron chi connectivity index (χ1n) is 6.81. The van der Waals surface area contributed by atoms with E-state index in [4.69, 9.17) is 0 Å². The molecule has 1 saturated heterocycles. The minimum absolute atomic E-state index is 0.217. The Labute approximate surface area is 133 Å². The Morgan fingerprint density at radius 3 is 2.48 bits per heavy atom. The van der Waals surface area contributed by atoms with Crippen LogP contribution in [0.3, 0.4) is 0 Å². The molecule has 1 N–H and O–H groups in total. The van der Waals surface area contributed by atoms with Crippen LogP contribution in [0.1, 0.15) is 21.3 Å². The molecule has 1 fully saturated rings. The number of aromatic nitrogens is 4. The number of nitrogens with zero attached hydrogens (tertiary/aromatic N) is 5. The maximum Gasteiger partial charge on any atom is 0.445 e. The zero-order chi connectivity index (χ0) is 16.6. The second kappa shape index (κ2) is 5.80. The number of hydrogen-bond donors (Lipinski definition) is 1. The summed E-state index contributed by atoms with van der Waals surface area (Å²) in [6.45, 7) is 3.38. The molecular formula is C12H13F3N6OS. The maximum atomic E-state index is 12.6. The van der Waals surface area contributed by atoms with Gasteiger partial charge in [-0.25, -0.2) is 4.98 Å². The van der Waals surface area contributed by atoms with Gasteiger partial charge in [-0.05, 0) is 6.92 Å². The largest absolute Gasteiger partial charge is 0.445 e. The normalized spacial score (nSPS) is 16.0. The molecule has 23 heavy (non-hydrogen) atoms. The fourth-order valence-electron chi connectivity index (χ4n) is 2.23. The van der Waals surface area contributed by atoms with Crippen molar-refractivity contribution in [2.24, 2.45) is 0 Å². The lowest BCUT2D eigenvalue weighted by Crippen LogP contribution is -2.49. The van der Waals surface area contributed by atoms with Crippen LogP contribution in [0.4, 0.5) is 18.3 Å². The van der Waals surface area contributed by atoms with Crippen LogP contribution in [0, 0.1) is 6.92 Å². The van der Waals surface area contributed by atoms with Crippen molar-refractivity contribution in [3.05, 3.63) is 22.7 Å². The summed E-state index contributed by atoms with van der Waals surface area (Å²) in [4.78, 5) is 22.4.